The van der Waals surface area contributed by atoms with E-state index in [0.29, 0.717) is 34.6 Å². The third-order valence-corrected chi connectivity index (χ3v) is 6.10. The molecular formula is C25H25N5O2. The summed E-state index contributed by atoms with van der Waals surface area (Å²) < 4.78 is 9.06. The molecule has 0 saturated carbocycles. The lowest BCUT2D eigenvalue weighted by Gasteiger charge is -2.16. The van der Waals surface area contributed by atoms with Crippen molar-refractivity contribution in [1.29, 1.82) is 0 Å². The first-order valence-corrected chi connectivity index (χ1v) is 10.8. The fraction of sp³-hybridized carbons (Fsp3) is 0.280. The molecule has 1 atom stereocenters. The fourth-order valence-electron chi connectivity index (χ4n) is 4.24. The highest BCUT2D eigenvalue weighted by Gasteiger charge is 2.22. The van der Waals surface area contributed by atoms with Gasteiger partial charge in [-0.3, -0.25) is 9.36 Å². The third-order valence-electron chi connectivity index (χ3n) is 6.10. The molecule has 3 aromatic heterocycles. The maximum Gasteiger partial charge on any atom is 0.265 e. The van der Waals surface area contributed by atoms with E-state index in [-0.39, 0.29) is 11.6 Å². The monoisotopic (exact) mass is 427 g/mol. The molecule has 0 aliphatic rings. The van der Waals surface area contributed by atoms with Crippen LogP contribution in [0.5, 0.6) is 5.75 Å². The van der Waals surface area contributed by atoms with Gasteiger partial charge in [-0.15, -0.1) is 0 Å². The van der Waals surface area contributed by atoms with Crippen molar-refractivity contribution in [2.45, 2.75) is 39.8 Å². The van der Waals surface area contributed by atoms with Gasteiger partial charge in [-0.05, 0) is 50.1 Å². The van der Waals surface area contributed by atoms with Crippen LogP contribution in [0, 0.1) is 6.92 Å². The number of ether oxygens (including phenoxy) is 1. The Balaban J connectivity index is 1.85. The van der Waals surface area contributed by atoms with E-state index in [0.717, 1.165) is 28.8 Å². The average molecular weight is 428 g/mol. The Bertz CT molecular complexity index is 1520. The summed E-state index contributed by atoms with van der Waals surface area (Å²) in [5, 5.41) is 0.526. The van der Waals surface area contributed by atoms with Crippen LogP contribution in [0.1, 0.15) is 37.7 Å². The zero-order valence-corrected chi connectivity index (χ0v) is 18.7. The first-order valence-electron chi connectivity index (χ1n) is 10.8. The quantitative estimate of drug-likeness (QED) is 0.409. The van der Waals surface area contributed by atoms with Gasteiger partial charge < -0.3 is 9.30 Å². The molecule has 3 heterocycles. The minimum atomic E-state index is -0.0649. The standard InChI is InChI=1S/C25H25N5O2/c1-5-15(2)30-16(3)26-23-21(25(30)31)22-24(28-20-9-7-6-8-19(20)27-22)29(23)14-17-10-12-18(32-4)13-11-17/h6-13,15H,5,14H2,1-4H3/t15-/m0/s1. The van der Waals surface area contributed by atoms with E-state index in [1.54, 1.807) is 11.7 Å². The van der Waals surface area contributed by atoms with Gasteiger partial charge in [0.15, 0.2) is 11.3 Å². The van der Waals surface area contributed by atoms with Crippen molar-refractivity contribution in [2.24, 2.45) is 0 Å². The number of nitrogens with zero attached hydrogens (tertiary/aromatic N) is 5. The molecule has 7 heteroatoms. The van der Waals surface area contributed by atoms with Crippen molar-refractivity contribution in [2.75, 3.05) is 7.11 Å². The zero-order valence-electron chi connectivity index (χ0n) is 18.7. The van der Waals surface area contributed by atoms with Gasteiger partial charge in [0, 0.05) is 6.04 Å². The minimum Gasteiger partial charge on any atom is -0.497 e. The van der Waals surface area contributed by atoms with Crippen LogP contribution >= 0.6 is 0 Å². The van der Waals surface area contributed by atoms with Crippen molar-refractivity contribution in [3.05, 3.63) is 70.3 Å². The molecule has 0 amide bonds. The Hall–Kier alpha value is -3.74. The summed E-state index contributed by atoms with van der Waals surface area (Å²) >= 11 is 0. The Labute approximate surface area is 185 Å². The van der Waals surface area contributed by atoms with E-state index in [1.807, 2.05) is 66.9 Å². The number of aromatic nitrogens is 5. The lowest BCUT2D eigenvalue weighted by molar-refractivity contribution is 0.414. The van der Waals surface area contributed by atoms with Gasteiger partial charge >= 0.3 is 0 Å². The largest absolute Gasteiger partial charge is 0.497 e. The van der Waals surface area contributed by atoms with Gasteiger partial charge in [-0.25, -0.2) is 15.0 Å². The van der Waals surface area contributed by atoms with Crippen LogP contribution in [0.3, 0.4) is 0 Å². The molecule has 0 unspecified atom stereocenters. The number of hydrogen-bond donors (Lipinski definition) is 0. The molecule has 0 spiro atoms. The second kappa shape index (κ2) is 7.75. The van der Waals surface area contributed by atoms with Gasteiger partial charge in [-0.1, -0.05) is 31.2 Å². The topological polar surface area (TPSA) is 74.8 Å². The molecule has 162 valence electrons. The summed E-state index contributed by atoms with van der Waals surface area (Å²) in [4.78, 5) is 28.3. The molecule has 7 nitrogen and oxygen atoms in total. The summed E-state index contributed by atoms with van der Waals surface area (Å²) in [7, 11) is 1.65. The van der Waals surface area contributed by atoms with Crippen LogP contribution in [0.25, 0.3) is 33.2 Å². The third kappa shape index (κ3) is 3.12. The molecule has 32 heavy (non-hydrogen) atoms. The zero-order chi connectivity index (χ0) is 22.4. The Kier molecular flexibility index (Phi) is 4.89. The van der Waals surface area contributed by atoms with Gasteiger partial charge in [0.2, 0.25) is 0 Å². The highest BCUT2D eigenvalue weighted by molar-refractivity contribution is 6.04. The molecule has 0 N–H and O–H groups in total. The first kappa shape index (κ1) is 20.2. The van der Waals surface area contributed by atoms with E-state index in [4.69, 9.17) is 19.7 Å². The maximum atomic E-state index is 13.7. The van der Waals surface area contributed by atoms with Crippen molar-refractivity contribution in [3.8, 4) is 5.75 Å². The van der Waals surface area contributed by atoms with Crippen LogP contribution < -0.4 is 10.3 Å². The highest BCUT2D eigenvalue weighted by Crippen LogP contribution is 2.27. The Morgan fingerprint density at radius 3 is 2.31 bits per heavy atom. The van der Waals surface area contributed by atoms with Crippen LogP contribution in [-0.4, -0.2) is 31.2 Å². The van der Waals surface area contributed by atoms with E-state index in [9.17, 15) is 4.79 Å². The molecular weight excluding hydrogens is 402 g/mol. The number of para-hydroxylation sites is 2. The summed E-state index contributed by atoms with van der Waals surface area (Å²) in [5.74, 6) is 1.49. The van der Waals surface area contributed by atoms with Crippen molar-refractivity contribution in [3.63, 3.8) is 0 Å². The Morgan fingerprint density at radius 1 is 0.969 bits per heavy atom. The first-order chi connectivity index (χ1) is 15.5. The molecule has 0 aliphatic heterocycles. The van der Waals surface area contributed by atoms with Gasteiger partial charge in [0.1, 0.15) is 22.5 Å². The SMILES string of the molecule is CC[C@H](C)n1c(C)nc2c(c1=O)c1nc3ccccc3nc1n2Cc1ccc(OC)cc1. The molecule has 0 aliphatic carbocycles. The highest BCUT2D eigenvalue weighted by atomic mass is 16.5. The Morgan fingerprint density at radius 2 is 1.66 bits per heavy atom. The normalized spacial score (nSPS) is 12.6. The van der Waals surface area contributed by atoms with E-state index in [2.05, 4.69) is 6.92 Å². The molecule has 0 fully saturated rings. The van der Waals surface area contributed by atoms with Crippen molar-refractivity contribution >= 4 is 33.2 Å². The smallest absolute Gasteiger partial charge is 0.265 e. The molecule has 5 aromatic rings. The van der Waals surface area contributed by atoms with Gasteiger partial charge in [0.25, 0.3) is 5.56 Å². The lowest BCUT2D eigenvalue weighted by Crippen LogP contribution is -2.26. The number of methoxy groups -OCH3 is 1. The van der Waals surface area contributed by atoms with Crippen LogP contribution in [0.15, 0.2) is 53.3 Å². The number of aryl methyl sites for hydroxylation is 1. The predicted molar refractivity (Wildman–Crippen MR) is 126 cm³/mol. The van der Waals surface area contributed by atoms with Crippen molar-refractivity contribution in [1.82, 2.24) is 24.1 Å². The number of fused-ring (bicyclic) bond motifs is 4. The van der Waals surface area contributed by atoms with Crippen LogP contribution in [-0.2, 0) is 6.54 Å². The van der Waals surface area contributed by atoms with Crippen molar-refractivity contribution < 1.29 is 4.74 Å². The molecule has 0 bridgehead atoms. The van der Waals surface area contributed by atoms with Gasteiger partial charge in [-0.2, -0.15) is 0 Å². The number of hydrogen-bond acceptors (Lipinski definition) is 5. The van der Waals surface area contributed by atoms with Crippen LogP contribution in [0.4, 0.5) is 0 Å². The molecule has 0 saturated heterocycles. The predicted octanol–water partition coefficient (Wildman–Crippen LogP) is 4.63. The minimum absolute atomic E-state index is 0.0489. The second-order valence-corrected chi connectivity index (χ2v) is 8.11. The average Bonchev–Trinajstić information content (AvgIpc) is 3.10. The van der Waals surface area contributed by atoms with Crippen LogP contribution in [0.2, 0.25) is 0 Å². The molecule has 0 radical (unpaired) electrons. The van der Waals surface area contributed by atoms with E-state index >= 15 is 0 Å². The lowest BCUT2D eigenvalue weighted by atomic mass is 10.2. The summed E-state index contributed by atoms with van der Waals surface area (Å²) in [6.45, 7) is 6.52. The second-order valence-electron chi connectivity index (χ2n) is 8.11. The molecule has 2 aromatic carbocycles. The summed E-state index contributed by atoms with van der Waals surface area (Å²) in [6, 6.07) is 15.7. The summed E-state index contributed by atoms with van der Waals surface area (Å²) in [5.41, 5.74) is 4.43. The number of benzene rings is 2. The van der Waals surface area contributed by atoms with Gasteiger partial charge in [0.05, 0.1) is 24.7 Å². The summed E-state index contributed by atoms with van der Waals surface area (Å²) in [6.07, 6.45) is 0.840. The maximum absolute atomic E-state index is 13.7. The number of rotatable bonds is 5. The van der Waals surface area contributed by atoms with E-state index in [1.165, 1.54) is 0 Å². The fourth-order valence-corrected chi connectivity index (χ4v) is 4.24. The van der Waals surface area contributed by atoms with E-state index < -0.39 is 0 Å². The molecule has 5 rings (SSSR count).